The van der Waals surface area contributed by atoms with Crippen molar-refractivity contribution in [2.75, 3.05) is 22.5 Å². The van der Waals surface area contributed by atoms with Gasteiger partial charge >= 0.3 is 6.03 Å². The lowest BCUT2D eigenvalue weighted by Crippen LogP contribution is -2.21. The number of para-hydroxylation sites is 2. The highest BCUT2D eigenvalue weighted by atomic mass is 35.5. The summed E-state index contributed by atoms with van der Waals surface area (Å²) in [7, 11) is -2.64. The Morgan fingerprint density at radius 1 is 0.933 bits per heavy atom. The molecule has 0 heterocycles. The third kappa shape index (κ3) is 5.00. The number of carbonyl (C=O) groups is 1. The minimum atomic E-state index is -4.01. The molecule has 0 radical (unpaired) electrons. The van der Waals surface area contributed by atoms with Gasteiger partial charge in [-0.2, -0.15) is 0 Å². The van der Waals surface area contributed by atoms with Gasteiger partial charge in [0.2, 0.25) is 0 Å². The highest BCUT2D eigenvalue weighted by molar-refractivity contribution is 7.92. The number of carbonyl (C=O) groups excluding carboxylic acids is 1. The summed E-state index contributed by atoms with van der Waals surface area (Å²) in [6, 6.07) is 15.2. The molecule has 3 aromatic carbocycles. The van der Waals surface area contributed by atoms with Crippen molar-refractivity contribution in [3.05, 3.63) is 77.6 Å². The molecule has 0 unspecified atom stereocenters. The van der Waals surface area contributed by atoms with Crippen molar-refractivity contribution >= 4 is 44.7 Å². The zero-order valence-electron chi connectivity index (χ0n) is 15.6. The number of amides is 2. The zero-order chi connectivity index (χ0) is 21.7. The van der Waals surface area contributed by atoms with E-state index in [1.807, 2.05) is 0 Å². The van der Waals surface area contributed by atoms with E-state index >= 15 is 0 Å². The molecule has 3 N–H and O–H groups in total. The number of ether oxygens (including phenoxy) is 1. The molecular weight excluding hydrogens is 433 g/mol. The van der Waals surface area contributed by atoms with Gasteiger partial charge in [0.05, 0.1) is 34.1 Å². The van der Waals surface area contributed by atoms with Crippen LogP contribution >= 0.6 is 11.6 Å². The van der Waals surface area contributed by atoms with Crippen LogP contribution in [0.4, 0.5) is 26.2 Å². The van der Waals surface area contributed by atoms with E-state index in [4.69, 9.17) is 16.3 Å². The quantitative estimate of drug-likeness (QED) is 0.497. The molecule has 0 atom stereocenters. The first-order chi connectivity index (χ1) is 14.3. The summed E-state index contributed by atoms with van der Waals surface area (Å²) >= 11 is 6.01. The fraction of sp³-hybridized carbons (Fsp3) is 0.0500. The fourth-order valence-corrected chi connectivity index (χ4v) is 3.88. The van der Waals surface area contributed by atoms with Crippen molar-refractivity contribution in [3.8, 4) is 5.75 Å². The number of urea groups is 1. The molecule has 0 aliphatic carbocycles. The molecule has 10 heteroatoms. The van der Waals surface area contributed by atoms with Gasteiger partial charge in [0.15, 0.2) is 0 Å². The summed E-state index contributed by atoms with van der Waals surface area (Å²) in [6.07, 6.45) is 0. The first-order valence-electron chi connectivity index (χ1n) is 8.58. The SMILES string of the molecule is COc1ccc(S(=O)(=O)Nc2ccccc2Cl)cc1NC(=O)Nc1ccccc1F. The molecule has 0 saturated heterocycles. The van der Waals surface area contributed by atoms with Crippen LogP contribution in [0.3, 0.4) is 0 Å². The van der Waals surface area contributed by atoms with Crippen molar-refractivity contribution in [1.29, 1.82) is 0 Å². The summed E-state index contributed by atoms with van der Waals surface area (Å²) in [4.78, 5) is 12.1. The van der Waals surface area contributed by atoms with Gasteiger partial charge in [0.1, 0.15) is 11.6 Å². The van der Waals surface area contributed by atoms with Gasteiger partial charge in [-0.25, -0.2) is 17.6 Å². The van der Waals surface area contributed by atoms with Crippen LogP contribution in [0.15, 0.2) is 71.6 Å². The molecule has 0 spiro atoms. The maximum absolute atomic E-state index is 13.7. The Bertz CT molecular complexity index is 1190. The van der Waals surface area contributed by atoms with E-state index in [2.05, 4.69) is 15.4 Å². The Kier molecular flexibility index (Phi) is 6.43. The molecule has 0 fully saturated rings. The van der Waals surface area contributed by atoms with Crippen LogP contribution in [-0.4, -0.2) is 21.6 Å². The maximum Gasteiger partial charge on any atom is 0.323 e. The second kappa shape index (κ2) is 9.02. The number of methoxy groups -OCH3 is 1. The molecule has 0 bridgehead atoms. The van der Waals surface area contributed by atoms with Crippen LogP contribution in [0.25, 0.3) is 0 Å². The van der Waals surface area contributed by atoms with Crippen LogP contribution in [0.2, 0.25) is 5.02 Å². The Morgan fingerprint density at radius 2 is 1.57 bits per heavy atom. The number of hydrogen-bond donors (Lipinski definition) is 3. The van der Waals surface area contributed by atoms with Crippen molar-refractivity contribution in [3.63, 3.8) is 0 Å². The highest BCUT2D eigenvalue weighted by Crippen LogP contribution is 2.30. The van der Waals surface area contributed by atoms with Gasteiger partial charge in [-0.1, -0.05) is 35.9 Å². The number of halogens is 2. The van der Waals surface area contributed by atoms with Gasteiger partial charge in [-0.05, 0) is 42.5 Å². The lowest BCUT2D eigenvalue weighted by molar-refractivity contribution is 0.262. The van der Waals surface area contributed by atoms with E-state index in [9.17, 15) is 17.6 Å². The monoisotopic (exact) mass is 449 g/mol. The molecule has 3 aromatic rings. The summed E-state index contributed by atoms with van der Waals surface area (Å²) in [5.41, 5.74) is 0.258. The zero-order valence-corrected chi connectivity index (χ0v) is 17.2. The van der Waals surface area contributed by atoms with Crippen LogP contribution in [0.5, 0.6) is 5.75 Å². The topological polar surface area (TPSA) is 96.5 Å². The summed E-state index contributed by atoms with van der Waals surface area (Å²) in [5.74, 6) is -0.393. The largest absolute Gasteiger partial charge is 0.495 e. The van der Waals surface area contributed by atoms with Crippen LogP contribution < -0.4 is 20.1 Å². The molecule has 3 rings (SSSR count). The van der Waals surface area contributed by atoms with Crippen molar-refractivity contribution in [2.24, 2.45) is 0 Å². The van der Waals surface area contributed by atoms with E-state index in [-0.39, 0.29) is 32.7 Å². The minimum Gasteiger partial charge on any atom is -0.495 e. The number of hydrogen-bond acceptors (Lipinski definition) is 4. The summed E-state index contributed by atoms with van der Waals surface area (Å²) in [6.45, 7) is 0. The molecule has 0 saturated carbocycles. The van der Waals surface area contributed by atoms with Gasteiger partial charge in [0, 0.05) is 0 Å². The molecule has 7 nitrogen and oxygen atoms in total. The number of anilines is 3. The van der Waals surface area contributed by atoms with E-state index in [1.54, 1.807) is 24.3 Å². The van der Waals surface area contributed by atoms with Crippen molar-refractivity contribution < 1.29 is 22.3 Å². The molecular formula is C20H17ClFN3O4S. The van der Waals surface area contributed by atoms with Crippen LogP contribution in [0.1, 0.15) is 0 Å². The molecule has 2 amide bonds. The van der Waals surface area contributed by atoms with Gasteiger partial charge in [-0.15, -0.1) is 0 Å². The average Bonchev–Trinajstić information content (AvgIpc) is 2.71. The minimum absolute atomic E-state index is 0.0295. The Balaban J connectivity index is 1.85. The van der Waals surface area contributed by atoms with Gasteiger partial charge in [0.25, 0.3) is 10.0 Å². The number of sulfonamides is 1. The molecule has 0 aromatic heterocycles. The van der Waals surface area contributed by atoms with E-state index in [0.717, 1.165) is 0 Å². The first kappa shape index (κ1) is 21.4. The predicted molar refractivity (Wildman–Crippen MR) is 114 cm³/mol. The molecule has 30 heavy (non-hydrogen) atoms. The lowest BCUT2D eigenvalue weighted by Gasteiger charge is -2.14. The number of benzene rings is 3. The average molecular weight is 450 g/mol. The van der Waals surface area contributed by atoms with Crippen LogP contribution in [-0.2, 0) is 10.0 Å². The third-order valence-electron chi connectivity index (χ3n) is 3.97. The smallest absolute Gasteiger partial charge is 0.323 e. The van der Waals surface area contributed by atoms with E-state index < -0.39 is 21.9 Å². The third-order valence-corrected chi connectivity index (χ3v) is 5.66. The maximum atomic E-state index is 13.7. The van der Waals surface area contributed by atoms with E-state index in [1.165, 1.54) is 49.6 Å². The molecule has 156 valence electrons. The van der Waals surface area contributed by atoms with Crippen LogP contribution in [0, 0.1) is 5.82 Å². The summed E-state index contributed by atoms with van der Waals surface area (Å²) in [5, 5.41) is 5.05. The van der Waals surface area contributed by atoms with Crippen molar-refractivity contribution in [2.45, 2.75) is 4.90 Å². The Hall–Kier alpha value is -3.30. The predicted octanol–water partition coefficient (Wildman–Crippen LogP) is 4.93. The summed E-state index contributed by atoms with van der Waals surface area (Å²) < 4.78 is 46.8. The Labute approximate surface area is 177 Å². The van der Waals surface area contributed by atoms with E-state index in [0.29, 0.717) is 0 Å². The highest BCUT2D eigenvalue weighted by Gasteiger charge is 2.19. The van der Waals surface area contributed by atoms with Gasteiger partial charge < -0.3 is 15.4 Å². The molecule has 0 aliphatic heterocycles. The first-order valence-corrected chi connectivity index (χ1v) is 10.4. The van der Waals surface area contributed by atoms with Crippen molar-refractivity contribution in [1.82, 2.24) is 0 Å². The fourth-order valence-electron chi connectivity index (χ4n) is 2.54. The standard InChI is InChI=1S/C20H17ClFN3O4S/c1-29-19-11-10-13(30(27,28)25-16-8-4-2-6-14(16)21)12-18(19)24-20(26)23-17-9-5-3-7-15(17)22/h2-12,25H,1H3,(H2,23,24,26). The number of nitrogens with one attached hydrogen (secondary N) is 3. The molecule has 0 aliphatic rings. The lowest BCUT2D eigenvalue weighted by atomic mass is 10.3. The second-order valence-corrected chi connectivity index (χ2v) is 8.10. The second-order valence-electron chi connectivity index (χ2n) is 6.01. The number of rotatable bonds is 6. The normalized spacial score (nSPS) is 10.9. The Morgan fingerprint density at radius 3 is 2.23 bits per heavy atom. The van der Waals surface area contributed by atoms with Gasteiger partial charge in [-0.3, -0.25) is 4.72 Å².